The zero-order valence-corrected chi connectivity index (χ0v) is 8.96. The maximum absolute atomic E-state index is 12.4. The summed E-state index contributed by atoms with van der Waals surface area (Å²) in [4.78, 5) is 6.97. The van der Waals surface area contributed by atoms with E-state index in [-0.39, 0.29) is 15.4 Å². The average Bonchev–Trinajstić information content (AvgIpc) is 2.46. The van der Waals surface area contributed by atoms with E-state index >= 15 is 0 Å². The summed E-state index contributed by atoms with van der Waals surface area (Å²) in [5.74, 6) is 0.360. The second-order valence-electron chi connectivity index (χ2n) is 2.88. The van der Waals surface area contributed by atoms with Gasteiger partial charge in [0.1, 0.15) is 10.7 Å². The van der Waals surface area contributed by atoms with E-state index in [0.717, 1.165) is 6.07 Å². The van der Waals surface area contributed by atoms with Crippen LogP contribution in [-0.2, 0) is 6.18 Å². The minimum atomic E-state index is -4.36. The number of nitrogens with zero attached hydrogens (tertiary/aromatic N) is 2. The average molecular weight is 253 g/mol. The quantitative estimate of drug-likeness (QED) is 0.669. The van der Waals surface area contributed by atoms with Gasteiger partial charge in [0, 0.05) is 0 Å². The Morgan fingerprint density at radius 3 is 2.60 bits per heavy atom. The van der Waals surface area contributed by atoms with Gasteiger partial charge in [0.25, 0.3) is 0 Å². The molecule has 0 aliphatic rings. The molecule has 0 unspecified atom stereocenters. The van der Waals surface area contributed by atoms with E-state index in [1.54, 1.807) is 6.92 Å². The highest BCUT2D eigenvalue weighted by atomic mass is 35.5. The highest BCUT2D eigenvalue weighted by Gasteiger charge is 2.33. The normalized spacial score (nSPS) is 12.3. The first-order valence-corrected chi connectivity index (χ1v) is 5.08. The summed E-state index contributed by atoms with van der Waals surface area (Å²) in [6, 6.07) is 0.987. The van der Waals surface area contributed by atoms with Crippen molar-refractivity contribution in [1.82, 2.24) is 9.97 Å². The lowest BCUT2D eigenvalue weighted by Gasteiger charge is -1.99. The first-order chi connectivity index (χ1) is 6.88. The molecule has 2 nitrogen and oxygen atoms in total. The van der Waals surface area contributed by atoms with Crippen LogP contribution in [0.5, 0.6) is 0 Å². The number of hydrogen-bond acceptors (Lipinski definition) is 3. The summed E-state index contributed by atoms with van der Waals surface area (Å²) < 4.78 is 37.4. The van der Waals surface area contributed by atoms with Gasteiger partial charge < -0.3 is 0 Å². The molecule has 15 heavy (non-hydrogen) atoms. The van der Waals surface area contributed by atoms with E-state index in [2.05, 4.69) is 9.97 Å². The molecule has 0 aliphatic heterocycles. The number of hydrogen-bond donors (Lipinski definition) is 0. The molecule has 7 heteroatoms. The van der Waals surface area contributed by atoms with Gasteiger partial charge in [-0.05, 0) is 13.0 Å². The maximum Gasteiger partial charge on any atom is 0.425 e. The molecule has 2 rings (SSSR count). The molecule has 2 heterocycles. The van der Waals surface area contributed by atoms with Gasteiger partial charge in [0.15, 0.2) is 5.15 Å². The standard InChI is InChI=1S/C8H4ClF3N2S/c1-3-13-4-2-5(8(10,11)12)15-6(4)7(9)14-3/h2H,1H3. The SMILES string of the molecule is Cc1nc(Cl)c2sc(C(F)(F)F)cc2n1. The first kappa shape index (κ1) is 10.6. The topological polar surface area (TPSA) is 25.8 Å². The van der Waals surface area contributed by atoms with Gasteiger partial charge in [0.05, 0.1) is 10.2 Å². The molecule has 2 aromatic rings. The molecule has 0 atom stereocenters. The van der Waals surface area contributed by atoms with Crippen molar-refractivity contribution >= 4 is 33.2 Å². The van der Waals surface area contributed by atoms with Crippen LogP contribution in [0.3, 0.4) is 0 Å². The van der Waals surface area contributed by atoms with Gasteiger partial charge in [-0.3, -0.25) is 0 Å². The first-order valence-electron chi connectivity index (χ1n) is 3.89. The predicted octanol–water partition coefficient (Wildman–Crippen LogP) is 3.67. The van der Waals surface area contributed by atoms with Gasteiger partial charge >= 0.3 is 6.18 Å². The summed E-state index contributed by atoms with van der Waals surface area (Å²) >= 11 is 6.28. The van der Waals surface area contributed by atoms with Crippen molar-refractivity contribution in [3.05, 3.63) is 21.9 Å². The van der Waals surface area contributed by atoms with Gasteiger partial charge in [-0.15, -0.1) is 11.3 Å². The van der Waals surface area contributed by atoms with Gasteiger partial charge in [-0.2, -0.15) is 13.2 Å². The lowest BCUT2D eigenvalue weighted by molar-refractivity contribution is -0.134. The Morgan fingerprint density at radius 2 is 2.00 bits per heavy atom. The third-order valence-electron chi connectivity index (χ3n) is 1.72. The highest BCUT2D eigenvalue weighted by Crippen LogP contribution is 2.39. The fraction of sp³-hybridized carbons (Fsp3) is 0.250. The van der Waals surface area contributed by atoms with Crippen molar-refractivity contribution in [3.63, 3.8) is 0 Å². The summed E-state index contributed by atoms with van der Waals surface area (Å²) in [6.45, 7) is 1.58. The molecule has 0 saturated heterocycles. The van der Waals surface area contributed by atoms with Crippen LogP contribution in [0.25, 0.3) is 10.2 Å². The molecule has 0 amide bonds. The smallest absolute Gasteiger partial charge is 0.232 e. The molecule has 0 aromatic carbocycles. The van der Waals surface area contributed by atoms with Crippen molar-refractivity contribution in [2.75, 3.05) is 0 Å². The van der Waals surface area contributed by atoms with Crippen molar-refractivity contribution < 1.29 is 13.2 Å². The van der Waals surface area contributed by atoms with Crippen LogP contribution in [0.2, 0.25) is 5.15 Å². The lowest BCUT2D eigenvalue weighted by Crippen LogP contribution is -2.00. The number of halogens is 4. The summed E-state index contributed by atoms with van der Waals surface area (Å²) in [7, 11) is 0. The van der Waals surface area contributed by atoms with Crippen LogP contribution in [0.1, 0.15) is 10.7 Å². The van der Waals surface area contributed by atoms with Gasteiger partial charge in [-0.25, -0.2) is 9.97 Å². The summed E-state index contributed by atoms with van der Waals surface area (Å²) in [6.07, 6.45) is -4.36. The Bertz CT molecular complexity index is 520. The van der Waals surface area contributed by atoms with Crippen molar-refractivity contribution in [2.45, 2.75) is 13.1 Å². The fourth-order valence-corrected chi connectivity index (χ4v) is 2.32. The van der Waals surface area contributed by atoms with E-state index in [1.165, 1.54) is 0 Å². The number of rotatable bonds is 0. The fourth-order valence-electron chi connectivity index (χ4n) is 1.14. The lowest BCUT2D eigenvalue weighted by atomic mass is 10.4. The van der Waals surface area contributed by atoms with E-state index in [0.29, 0.717) is 17.2 Å². The highest BCUT2D eigenvalue weighted by molar-refractivity contribution is 7.19. The number of aryl methyl sites for hydroxylation is 1. The van der Waals surface area contributed by atoms with Crippen molar-refractivity contribution in [2.24, 2.45) is 0 Å². The van der Waals surface area contributed by atoms with Crippen LogP contribution < -0.4 is 0 Å². The zero-order chi connectivity index (χ0) is 11.2. The van der Waals surface area contributed by atoms with Crippen LogP contribution in [0.15, 0.2) is 6.07 Å². The van der Waals surface area contributed by atoms with Crippen LogP contribution >= 0.6 is 22.9 Å². The number of alkyl halides is 3. The zero-order valence-electron chi connectivity index (χ0n) is 7.39. The predicted molar refractivity (Wildman–Crippen MR) is 52.2 cm³/mol. The molecule has 0 N–H and O–H groups in total. The van der Waals surface area contributed by atoms with E-state index < -0.39 is 11.1 Å². The molecule has 0 bridgehead atoms. The van der Waals surface area contributed by atoms with Crippen molar-refractivity contribution in [1.29, 1.82) is 0 Å². The van der Waals surface area contributed by atoms with Gasteiger partial charge in [0.2, 0.25) is 0 Å². The third kappa shape index (κ3) is 1.91. The van der Waals surface area contributed by atoms with E-state index in [1.807, 2.05) is 0 Å². The largest absolute Gasteiger partial charge is 0.425 e. The Balaban J connectivity index is 2.71. The Hall–Kier alpha value is -0.880. The second-order valence-corrected chi connectivity index (χ2v) is 4.29. The number of fused-ring (bicyclic) bond motifs is 1. The van der Waals surface area contributed by atoms with E-state index in [9.17, 15) is 13.2 Å². The summed E-state index contributed by atoms with van der Waals surface area (Å²) in [5, 5.41) is 0.0676. The molecule has 0 radical (unpaired) electrons. The number of aromatic nitrogens is 2. The third-order valence-corrected chi connectivity index (χ3v) is 3.28. The molecule has 0 aliphatic carbocycles. The van der Waals surface area contributed by atoms with Gasteiger partial charge in [-0.1, -0.05) is 11.6 Å². The number of thiophene rings is 1. The van der Waals surface area contributed by atoms with Crippen LogP contribution in [0, 0.1) is 6.92 Å². The second kappa shape index (κ2) is 3.31. The Kier molecular flexibility index (Phi) is 2.35. The Labute approximate surface area is 91.7 Å². The molecule has 2 aromatic heterocycles. The van der Waals surface area contributed by atoms with Crippen molar-refractivity contribution in [3.8, 4) is 0 Å². The Morgan fingerprint density at radius 1 is 1.33 bits per heavy atom. The maximum atomic E-state index is 12.4. The molecule has 0 saturated carbocycles. The van der Waals surface area contributed by atoms with Crippen LogP contribution in [0.4, 0.5) is 13.2 Å². The molecule has 80 valence electrons. The van der Waals surface area contributed by atoms with E-state index in [4.69, 9.17) is 11.6 Å². The molecule has 0 fully saturated rings. The monoisotopic (exact) mass is 252 g/mol. The molecular formula is C8H4ClF3N2S. The minimum absolute atomic E-state index is 0.0676. The van der Waals surface area contributed by atoms with Crippen LogP contribution in [-0.4, -0.2) is 9.97 Å². The minimum Gasteiger partial charge on any atom is -0.232 e. The summed E-state index contributed by atoms with van der Waals surface area (Å²) in [5.41, 5.74) is 0.241. The molecular weight excluding hydrogens is 249 g/mol. The molecule has 0 spiro atoms.